The van der Waals surface area contributed by atoms with Gasteiger partial charge in [-0.05, 0) is 60.9 Å². The van der Waals surface area contributed by atoms with Crippen molar-refractivity contribution < 1.29 is 14.0 Å². The van der Waals surface area contributed by atoms with Crippen LogP contribution < -0.4 is 16.0 Å². The summed E-state index contributed by atoms with van der Waals surface area (Å²) in [4.78, 5) is 24.6. The van der Waals surface area contributed by atoms with Gasteiger partial charge < -0.3 is 20.4 Å². The smallest absolute Gasteiger partial charge is 0.291 e. The average Bonchev–Trinajstić information content (AvgIpc) is 3.24. The number of amides is 2. The Hall–Kier alpha value is -3.54. The molecule has 1 atom stereocenters. The maximum absolute atomic E-state index is 12.6. The molecule has 0 saturated heterocycles. The lowest BCUT2D eigenvalue weighted by Gasteiger charge is -2.18. The van der Waals surface area contributed by atoms with Crippen molar-refractivity contribution in [2.45, 2.75) is 32.7 Å². The second kappa shape index (κ2) is 9.10. The molecule has 0 bridgehead atoms. The van der Waals surface area contributed by atoms with E-state index in [0.717, 1.165) is 16.9 Å². The van der Waals surface area contributed by atoms with Crippen LogP contribution in [0.2, 0.25) is 0 Å². The molecule has 6 nitrogen and oxygen atoms in total. The third kappa shape index (κ3) is 5.25. The molecule has 3 N–H and O–H groups in total. The van der Waals surface area contributed by atoms with Crippen molar-refractivity contribution in [3.8, 4) is 0 Å². The number of benzene rings is 2. The fourth-order valence-electron chi connectivity index (χ4n) is 2.92. The van der Waals surface area contributed by atoms with E-state index >= 15 is 0 Å². The Kier molecular flexibility index (Phi) is 6.34. The summed E-state index contributed by atoms with van der Waals surface area (Å²) in [5, 5.41) is 8.93. The van der Waals surface area contributed by atoms with E-state index in [1.54, 1.807) is 31.2 Å². The highest BCUT2D eigenvalue weighted by Gasteiger charge is 2.15. The Labute approximate surface area is 170 Å². The molecule has 0 fully saturated rings. The largest absolute Gasteiger partial charge is 0.459 e. The van der Waals surface area contributed by atoms with Gasteiger partial charge in [-0.1, -0.05) is 32.0 Å². The van der Waals surface area contributed by atoms with Crippen LogP contribution >= 0.6 is 0 Å². The molecular weight excluding hydrogens is 366 g/mol. The van der Waals surface area contributed by atoms with Crippen LogP contribution in [-0.4, -0.2) is 17.9 Å². The third-order valence-corrected chi connectivity index (χ3v) is 4.50. The molecule has 3 aromatic rings. The highest BCUT2D eigenvalue weighted by molar-refractivity contribution is 6.02. The van der Waals surface area contributed by atoms with Crippen molar-refractivity contribution in [3.63, 3.8) is 0 Å². The van der Waals surface area contributed by atoms with E-state index in [9.17, 15) is 9.59 Å². The first-order valence-corrected chi connectivity index (χ1v) is 9.55. The van der Waals surface area contributed by atoms with Crippen LogP contribution in [-0.2, 0) is 4.79 Å². The summed E-state index contributed by atoms with van der Waals surface area (Å²) in [7, 11) is 0. The molecule has 1 unspecified atom stereocenters. The zero-order valence-corrected chi connectivity index (χ0v) is 16.7. The Bertz CT molecular complexity index is 963. The van der Waals surface area contributed by atoms with Gasteiger partial charge in [-0.25, -0.2) is 0 Å². The normalized spacial score (nSPS) is 11.7. The minimum atomic E-state index is -0.432. The maximum atomic E-state index is 12.6. The van der Waals surface area contributed by atoms with E-state index in [1.807, 2.05) is 36.4 Å². The fourth-order valence-corrected chi connectivity index (χ4v) is 2.92. The highest BCUT2D eigenvalue weighted by atomic mass is 16.3. The molecule has 0 radical (unpaired) electrons. The lowest BCUT2D eigenvalue weighted by Crippen LogP contribution is -2.32. The lowest BCUT2D eigenvalue weighted by atomic mass is 10.0. The molecule has 6 heteroatoms. The first-order chi connectivity index (χ1) is 13.9. The topological polar surface area (TPSA) is 83.4 Å². The first kappa shape index (κ1) is 20.2. The Morgan fingerprint density at radius 1 is 0.828 bits per heavy atom. The quantitative estimate of drug-likeness (QED) is 0.523. The van der Waals surface area contributed by atoms with Crippen LogP contribution in [0.25, 0.3) is 0 Å². The van der Waals surface area contributed by atoms with E-state index in [4.69, 9.17) is 4.42 Å². The van der Waals surface area contributed by atoms with Gasteiger partial charge in [-0.2, -0.15) is 0 Å². The van der Waals surface area contributed by atoms with E-state index < -0.39 is 6.04 Å². The summed E-state index contributed by atoms with van der Waals surface area (Å²) >= 11 is 0. The summed E-state index contributed by atoms with van der Waals surface area (Å²) in [5.74, 6) is 0.137. The SMILES string of the molecule is CC(Nc1ccc(NC(=O)c2ccco2)cc1)C(=O)Nc1ccccc1C(C)C. The maximum Gasteiger partial charge on any atom is 0.291 e. The highest BCUT2D eigenvalue weighted by Crippen LogP contribution is 2.24. The number of furan rings is 1. The van der Waals surface area contributed by atoms with Crippen LogP contribution in [0.15, 0.2) is 71.3 Å². The Morgan fingerprint density at radius 2 is 1.52 bits per heavy atom. The molecule has 0 aliphatic heterocycles. The monoisotopic (exact) mass is 391 g/mol. The predicted octanol–water partition coefficient (Wildman–Crippen LogP) is 5.09. The molecular formula is C23H25N3O3. The summed E-state index contributed by atoms with van der Waals surface area (Å²) < 4.78 is 5.07. The van der Waals surface area contributed by atoms with Crippen molar-refractivity contribution in [3.05, 3.63) is 78.3 Å². The van der Waals surface area contributed by atoms with Crippen molar-refractivity contribution in [2.75, 3.05) is 16.0 Å². The second-order valence-electron chi connectivity index (χ2n) is 7.11. The zero-order valence-electron chi connectivity index (χ0n) is 16.7. The van der Waals surface area contributed by atoms with Crippen LogP contribution in [0.4, 0.5) is 17.1 Å². The van der Waals surface area contributed by atoms with Gasteiger partial charge in [0.1, 0.15) is 6.04 Å². The molecule has 2 amide bonds. The van der Waals surface area contributed by atoms with Crippen LogP contribution in [0.1, 0.15) is 42.8 Å². The molecule has 1 aromatic heterocycles. The summed E-state index contributed by atoms with van der Waals surface area (Å²) in [6.07, 6.45) is 1.45. The second-order valence-corrected chi connectivity index (χ2v) is 7.11. The molecule has 0 spiro atoms. The van der Waals surface area contributed by atoms with E-state index in [-0.39, 0.29) is 17.6 Å². The van der Waals surface area contributed by atoms with Crippen LogP contribution in [0.5, 0.6) is 0 Å². The molecule has 0 aliphatic carbocycles. The van der Waals surface area contributed by atoms with E-state index in [0.29, 0.717) is 11.6 Å². The van der Waals surface area contributed by atoms with E-state index in [1.165, 1.54) is 6.26 Å². The summed E-state index contributed by atoms with van der Waals surface area (Å²) in [6.45, 7) is 6.00. The Morgan fingerprint density at radius 3 is 2.17 bits per heavy atom. The number of anilines is 3. The number of para-hydroxylation sites is 1. The van der Waals surface area contributed by atoms with Gasteiger partial charge in [-0.15, -0.1) is 0 Å². The van der Waals surface area contributed by atoms with Gasteiger partial charge >= 0.3 is 0 Å². The Balaban J connectivity index is 1.58. The lowest BCUT2D eigenvalue weighted by molar-refractivity contribution is -0.116. The molecule has 0 aliphatic rings. The van der Waals surface area contributed by atoms with Crippen molar-refractivity contribution in [1.82, 2.24) is 0 Å². The zero-order chi connectivity index (χ0) is 20.8. The van der Waals surface area contributed by atoms with Gasteiger partial charge in [0.2, 0.25) is 5.91 Å². The number of carbonyl (C=O) groups excluding carboxylic acids is 2. The summed E-state index contributed by atoms with van der Waals surface area (Å²) in [5.41, 5.74) is 3.35. The van der Waals surface area contributed by atoms with Crippen LogP contribution in [0.3, 0.4) is 0 Å². The first-order valence-electron chi connectivity index (χ1n) is 9.55. The molecule has 2 aromatic carbocycles. The molecule has 3 rings (SSSR count). The molecule has 0 saturated carbocycles. The standard InChI is InChI=1S/C23H25N3O3/c1-15(2)19-7-4-5-8-20(19)26-22(27)16(3)24-17-10-12-18(13-11-17)25-23(28)21-9-6-14-29-21/h4-16,24H,1-3H3,(H,25,28)(H,26,27). The minimum Gasteiger partial charge on any atom is -0.459 e. The van der Waals surface area contributed by atoms with Crippen LogP contribution in [0, 0.1) is 0 Å². The fraction of sp³-hybridized carbons (Fsp3) is 0.217. The number of nitrogens with one attached hydrogen (secondary N) is 3. The number of hydrogen-bond acceptors (Lipinski definition) is 4. The number of carbonyl (C=O) groups is 2. The average molecular weight is 391 g/mol. The molecule has 150 valence electrons. The van der Waals surface area contributed by atoms with E-state index in [2.05, 4.69) is 29.8 Å². The number of rotatable bonds is 7. The van der Waals surface area contributed by atoms with Gasteiger partial charge in [0, 0.05) is 17.1 Å². The third-order valence-electron chi connectivity index (χ3n) is 4.50. The minimum absolute atomic E-state index is 0.117. The van der Waals surface area contributed by atoms with Crippen molar-refractivity contribution >= 4 is 28.9 Å². The molecule has 29 heavy (non-hydrogen) atoms. The predicted molar refractivity (Wildman–Crippen MR) is 115 cm³/mol. The van der Waals surface area contributed by atoms with Gasteiger partial charge in [0.25, 0.3) is 5.91 Å². The van der Waals surface area contributed by atoms with Gasteiger partial charge in [0.15, 0.2) is 5.76 Å². The van der Waals surface area contributed by atoms with Gasteiger partial charge in [-0.3, -0.25) is 9.59 Å². The van der Waals surface area contributed by atoms with Gasteiger partial charge in [0.05, 0.1) is 6.26 Å². The number of hydrogen-bond donors (Lipinski definition) is 3. The van der Waals surface area contributed by atoms with Crippen molar-refractivity contribution in [1.29, 1.82) is 0 Å². The molecule has 1 heterocycles. The van der Waals surface area contributed by atoms with Crippen molar-refractivity contribution in [2.24, 2.45) is 0 Å². The summed E-state index contributed by atoms with van der Waals surface area (Å²) in [6, 6.07) is 17.8.